The third-order valence-corrected chi connectivity index (χ3v) is 4.46. The summed E-state index contributed by atoms with van der Waals surface area (Å²) >= 11 is 3.39. The molecule has 1 amide bonds. The summed E-state index contributed by atoms with van der Waals surface area (Å²) in [5.74, 6) is 0.552. The lowest BCUT2D eigenvalue weighted by Gasteiger charge is -2.25. The van der Waals surface area contributed by atoms with Crippen molar-refractivity contribution >= 4 is 27.5 Å². The molecule has 4 nitrogen and oxygen atoms in total. The minimum absolute atomic E-state index is 0.0469. The monoisotopic (exact) mass is 335 g/mol. The number of nitrogens with one attached hydrogen (secondary N) is 1. The Morgan fingerprint density at radius 2 is 2.20 bits per heavy atom. The first-order valence-corrected chi connectivity index (χ1v) is 7.64. The van der Waals surface area contributed by atoms with Crippen LogP contribution in [0.5, 0.6) is 0 Å². The van der Waals surface area contributed by atoms with Crippen molar-refractivity contribution in [3.8, 4) is 0 Å². The average Bonchev–Trinajstić information content (AvgIpc) is 3.10. The summed E-state index contributed by atoms with van der Waals surface area (Å²) in [5, 5.41) is 3.14. The molecule has 20 heavy (non-hydrogen) atoms. The first kappa shape index (κ1) is 13.6. The number of halogens is 1. The molecule has 0 radical (unpaired) electrons. The molecule has 1 fully saturated rings. The normalized spacial score (nSPS) is 15.6. The first-order chi connectivity index (χ1) is 9.38. The van der Waals surface area contributed by atoms with E-state index in [2.05, 4.69) is 40.1 Å². The summed E-state index contributed by atoms with van der Waals surface area (Å²) in [7, 11) is 0. The van der Waals surface area contributed by atoms with Crippen LogP contribution in [0, 0.1) is 12.8 Å². The van der Waals surface area contributed by atoms with Gasteiger partial charge in [0.2, 0.25) is 0 Å². The average molecular weight is 336 g/mol. The van der Waals surface area contributed by atoms with E-state index in [1.54, 1.807) is 0 Å². The van der Waals surface area contributed by atoms with E-state index in [4.69, 9.17) is 0 Å². The van der Waals surface area contributed by atoms with Crippen molar-refractivity contribution in [1.29, 1.82) is 0 Å². The minimum Gasteiger partial charge on any atom is -0.347 e. The van der Waals surface area contributed by atoms with Crippen molar-refractivity contribution < 1.29 is 4.79 Å². The number of rotatable bonds is 3. The number of carbonyl (C=O) groups is 1. The summed E-state index contributed by atoms with van der Waals surface area (Å²) in [4.78, 5) is 16.9. The van der Waals surface area contributed by atoms with Crippen LogP contribution in [-0.4, -0.2) is 20.8 Å². The minimum atomic E-state index is -0.146. The molecule has 0 atom stereocenters. The van der Waals surface area contributed by atoms with Crippen LogP contribution in [0.4, 0.5) is 0 Å². The van der Waals surface area contributed by atoms with Gasteiger partial charge in [0, 0.05) is 17.4 Å². The van der Waals surface area contributed by atoms with Gasteiger partial charge in [0.25, 0.3) is 5.91 Å². The molecule has 0 bridgehead atoms. The van der Waals surface area contributed by atoms with Crippen LogP contribution < -0.4 is 5.32 Å². The van der Waals surface area contributed by atoms with Crippen molar-refractivity contribution in [1.82, 2.24) is 14.7 Å². The van der Waals surface area contributed by atoms with E-state index in [1.165, 1.54) is 12.8 Å². The van der Waals surface area contributed by atoms with E-state index in [9.17, 15) is 4.79 Å². The van der Waals surface area contributed by atoms with Crippen LogP contribution in [0.15, 0.2) is 22.9 Å². The number of nitrogens with zero attached hydrogens (tertiary/aromatic N) is 2. The van der Waals surface area contributed by atoms with Crippen LogP contribution in [0.1, 0.15) is 42.7 Å². The lowest BCUT2D eigenvalue weighted by atomic mass is 9.98. The van der Waals surface area contributed by atoms with Crippen LogP contribution in [0.2, 0.25) is 0 Å². The van der Waals surface area contributed by atoms with E-state index in [0.29, 0.717) is 17.1 Å². The Morgan fingerprint density at radius 1 is 1.50 bits per heavy atom. The molecule has 1 aliphatic rings. The van der Waals surface area contributed by atoms with E-state index in [-0.39, 0.29) is 11.4 Å². The Kier molecular flexibility index (Phi) is 3.12. The molecule has 0 spiro atoms. The van der Waals surface area contributed by atoms with Crippen LogP contribution >= 0.6 is 15.9 Å². The number of carbonyl (C=O) groups excluding carboxylic acids is 1. The van der Waals surface area contributed by atoms with Gasteiger partial charge in [0.15, 0.2) is 5.65 Å². The SMILES string of the molecule is Cc1cc(Br)nc2c(C(=O)NC(C)(C)C3CC3)ccn12. The van der Waals surface area contributed by atoms with Gasteiger partial charge in [-0.25, -0.2) is 4.98 Å². The quantitative estimate of drug-likeness (QED) is 0.874. The maximum atomic E-state index is 12.5. The molecule has 1 N–H and O–H groups in total. The van der Waals surface area contributed by atoms with E-state index < -0.39 is 0 Å². The number of aromatic nitrogens is 2. The molecular formula is C15H18BrN3O. The lowest BCUT2D eigenvalue weighted by Crippen LogP contribution is -2.45. The molecule has 2 heterocycles. The van der Waals surface area contributed by atoms with Gasteiger partial charge in [-0.3, -0.25) is 4.79 Å². The highest BCUT2D eigenvalue weighted by atomic mass is 79.9. The van der Waals surface area contributed by atoms with Gasteiger partial charge >= 0.3 is 0 Å². The lowest BCUT2D eigenvalue weighted by molar-refractivity contribution is 0.0905. The molecule has 2 aromatic heterocycles. The molecule has 1 saturated carbocycles. The third kappa shape index (κ3) is 2.35. The van der Waals surface area contributed by atoms with E-state index in [0.717, 1.165) is 10.3 Å². The van der Waals surface area contributed by atoms with E-state index in [1.807, 2.05) is 29.7 Å². The molecule has 106 valence electrons. The molecular weight excluding hydrogens is 318 g/mol. The fourth-order valence-electron chi connectivity index (χ4n) is 2.64. The zero-order valence-corrected chi connectivity index (χ0v) is 13.5. The molecule has 1 aliphatic carbocycles. The molecule has 0 unspecified atom stereocenters. The second-order valence-electron chi connectivity index (χ2n) is 6.09. The maximum Gasteiger partial charge on any atom is 0.255 e. The Bertz CT molecular complexity index is 686. The number of fused-ring (bicyclic) bond motifs is 1. The van der Waals surface area contributed by atoms with Gasteiger partial charge in [-0.15, -0.1) is 0 Å². The fourth-order valence-corrected chi connectivity index (χ4v) is 3.14. The zero-order valence-electron chi connectivity index (χ0n) is 11.9. The van der Waals surface area contributed by atoms with Gasteiger partial charge in [0.05, 0.1) is 5.56 Å². The highest BCUT2D eigenvalue weighted by molar-refractivity contribution is 9.10. The fraction of sp³-hybridized carbons (Fsp3) is 0.467. The predicted octanol–water partition coefficient (Wildman–Crippen LogP) is 3.32. The number of hydrogen-bond acceptors (Lipinski definition) is 2. The zero-order chi connectivity index (χ0) is 14.5. The Hall–Kier alpha value is -1.36. The second-order valence-corrected chi connectivity index (χ2v) is 6.91. The molecule has 2 aromatic rings. The van der Waals surface area contributed by atoms with Crippen LogP contribution in [0.25, 0.3) is 5.65 Å². The summed E-state index contributed by atoms with van der Waals surface area (Å²) in [6.45, 7) is 6.18. The Morgan fingerprint density at radius 3 is 2.85 bits per heavy atom. The van der Waals surface area contributed by atoms with E-state index >= 15 is 0 Å². The predicted molar refractivity (Wildman–Crippen MR) is 81.9 cm³/mol. The van der Waals surface area contributed by atoms with Gasteiger partial charge in [-0.2, -0.15) is 0 Å². The molecule has 3 rings (SSSR count). The molecule has 0 aliphatic heterocycles. The molecule has 0 aromatic carbocycles. The van der Waals surface area contributed by atoms with Gasteiger partial charge < -0.3 is 9.72 Å². The van der Waals surface area contributed by atoms with Crippen molar-refractivity contribution in [2.24, 2.45) is 5.92 Å². The topological polar surface area (TPSA) is 46.4 Å². The van der Waals surface area contributed by atoms with Crippen molar-refractivity contribution in [3.05, 3.63) is 34.2 Å². The smallest absolute Gasteiger partial charge is 0.255 e. The maximum absolute atomic E-state index is 12.5. The van der Waals surface area contributed by atoms with Gasteiger partial charge in [0.1, 0.15) is 4.60 Å². The molecule has 0 saturated heterocycles. The highest BCUT2D eigenvalue weighted by Gasteiger charge is 2.39. The summed E-state index contributed by atoms with van der Waals surface area (Å²) < 4.78 is 2.68. The van der Waals surface area contributed by atoms with Gasteiger partial charge in [-0.05, 0) is 67.6 Å². The third-order valence-electron chi connectivity index (χ3n) is 4.06. The first-order valence-electron chi connectivity index (χ1n) is 6.85. The van der Waals surface area contributed by atoms with Gasteiger partial charge in [-0.1, -0.05) is 0 Å². The van der Waals surface area contributed by atoms with Crippen LogP contribution in [0.3, 0.4) is 0 Å². The van der Waals surface area contributed by atoms with Crippen molar-refractivity contribution in [3.63, 3.8) is 0 Å². The van der Waals surface area contributed by atoms with Crippen LogP contribution in [-0.2, 0) is 0 Å². The number of amides is 1. The standard InChI is InChI=1S/C15H18BrN3O/c1-9-8-12(16)17-13-11(6-7-19(9)13)14(20)18-15(2,3)10-4-5-10/h6-8,10H,4-5H2,1-3H3,(H,18,20). The Balaban J connectivity index is 1.95. The summed E-state index contributed by atoms with van der Waals surface area (Å²) in [6.07, 6.45) is 4.29. The highest BCUT2D eigenvalue weighted by Crippen LogP contribution is 2.39. The largest absolute Gasteiger partial charge is 0.347 e. The van der Waals surface area contributed by atoms with Crippen molar-refractivity contribution in [2.45, 2.75) is 39.2 Å². The second kappa shape index (κ2) is 4.58. The summed E-state index contributed by atoms with van der Waals surface area (Å²) in [6, 6.07) is 3.77. The summed E-state index contributed by atoms with van der Waals surface area (Å²) in [5.41, 5.74) is 2.22. The van der Waals surface area contributed by atoms with Crippen molar-refractivity contribution in [2.75, 3.05) is 0 Å². The molecule has 5 heteroatoms. The number of hydrogen-bond donors (Lipinski definition) is 1. The Labute approximate surface area is 126 Å². The number of aryl methyl sites for hydroxylation is 1.